The van der Waals surface area contributed by atoms with Crippen LogP contribution in [-0.4, -0.2) is 0 Å². The van der Waals surface area contributed by atoms with Crippen molar-refractivity contribution in [2.24, 2.45) is 0 Å². The second-order valence-electron chi connectivity index (χ2n) is 5.54. The molecular weight excluding hydrogens is 323 g/mol. The molecule has 0 saturated carbocycles. The van der Waals surface area contributed by atoms with Gasteiger partial charge in [-0.15, -0.1) is 11.6 Å². The maximum atomic E-state index is 6.78. The molecule has 0 heterocycles. The topological polar surface area (TPSA) is 0 Å². The smallest absolute Gasteiger partial charge is 0.0869 e. The van der Waals surface area contributed by atoms with Gasteiger partial charge in [0.05, 0.1) is 5.38 Å². The number of hydrogen-bond acceptors (Lipinski definition) is 0. The van der Waals surface area contributed by atoms with Gasteiger partial charge in [-0.1, -0.05) is 29.3 Å². The zero-order chi connectivity index (χ0) is 15.9. The molecule has 0 spiro atoms. The van der Waals surface area contributed by atoms with Crippen LogP contribution in [0, 0.1) is 34.6 Å². The standard InChI is InChI=1S/C18H19Cl3/c1-9-10(2)12(4)16(13(5)11(9)3)18(21)17-14(19)7-6-8-15(17)20/h6-8,18H,1-5H3. The van der Waals surface area contributed by atoms with Gasteiger partial charge in [-0.25, -0.2) is 0 Å². The monoisotopic (exact) mass is 340 g/mol. The summed E-state index contributed by atoms with van der Waals surface area (Å²) in [6.45, 7) is 10.7. The molecular formula is C18H19Cl3. The van der Waals surface area contributed by atoms with E-state index in [9.17, 15) is 0 Å². The average molecular weight is 342 g/mol. The van der Waals surface area contributed by atoms with Crippen molar-refractivity contribution < 1.29 is 0 Å². The zero-order valence-electron chi connectivity index (χ0n) is 12.9. The minimum Gasteiger partial charge on any atom is -0.112 e. The van der Waals surface area contributed by atoms with E-state index in [0.717, 1.165) is 11.1 Å². The third kappa shape index (κ3) is 2.82. The van der Waals surface area contributed by atoms with E-state index in [1.165, 1.54) is 27.8 Å². The normalized spacial score (nSPS) is 12.6. The van der Waals surface area contributed by atoms with Crippen LogP contribution in [-0.2, 0) is 0 Å². The minimum atomic E-state index is -0.343. The van der Waals surface area contributed by atoms with Crippen molar-refractivity contribution in [1.29, 1.82) is 0 Å². The molecule has 0 fully saturated rings. The van der Waals surface area contributed by atoms with Crippen LogP contribution in [0.25, 0.3) is 0 Å². The quantitative estimate of drug-likeness (QED) is 0.523. The van der Waals surface area contributed by atoms with E-state index in [1.54, 1.807) is 0 Å². The number of alkyl halides is 1. The maximum Gasteiger partial charge on any atom is 0.0869 e. The average Bonchev–Trinajstić information content (AvgIpc) is 2.43. The van der Waals surface area contributed by atoms with E-state index in [1.807, 2.05) is 18.2 Å². The van der Waals surface area contributed by atoms with E-state index in [-0.39, 0.29) is 5.38 Å². The fourth-order valence-electron chi connectivity index (χ4n) is 2.81. The minimum absolute atomic E-state index is 0.343. The zero-order valence-corrected chi connectivity index (χ0v) is 15.2. The molecule has 112 valence electrons. The molecule has 3 heteroatoms. The number of benzene rings is 2. The van der Waals surface area contributed by atoms with Gasteiger partial charge in [-0.3, -0.25) is 0 Å². The lowest BCUT2D eigenvalue weighted by Gasteiger charge is -2.23. The van der Waals surface area contributed by atoms with Crippen molar-refractivity contribution in [3.8, 4) is 0 Å². The highest BCUT2D eigenvalue weighted by molar-refractivity contribution is 6.38. The Morgan fingerprint density at radius 3 is 1.48 bits per heavy atom. The Kier molecular flexibility index (Phi) is 4.92. The van der Waals surface area contributed by atoms with Crippen molar-refractivity contribution in [2.45, 2.75) is 40.0 Å². The fraction of sp³-hybridized carbons (Fsp3) is 0.333. The Bertz CT molecular complexity index is 653. The Hall–Kier alpha value is -0.690. The van der Waals surface area contributed by atoms with E-state index in [4.69, 9.17) is 34.8 Å². The molecule has 21 heavy (non-hydrogen) atoms. The molecule has 0 aliphatic carbocycles. The van der Waals surface area contributed by atoms with Crippen LogP contribution in [0.3, 0.4) is 0 Å². The van der Waals surface area contributed by atoms with Gasteiger partial charge in [0.1, 0.15) is 0 Å². The Morgan fingerprint density at radius 1 is 0.667 bits per heavy atom. The van der Waals surface area contributed by atoms with Gasteiger partial charge in [0.25, 0.3) is 0 Å². The van der Waals surface area contributed by atoms with Gasteiger partial charge >= 0.3 is 0 Å². The Labute approximate surface area is 142 Å². The van der Waals surface area contributed by atoms with E-state index in [0.29, 0.717) is 10.0 Å². The van der Waals surface area contributed by atoms with Crippen molar-refractivity contribution >= 4 is 34.8 Å². The van der Waals surface area contributed by atoms with Crippen molar-refractivity contribution in [2.75, 3.05) is 0 Å². The summed E-state index contributed by atoms with van der Waals surface area (Å²) in [6, 6.07) is 5.50. The first kappa shape index (κ1) is 16.7. The van der Waals surface area contributed by atoms with Crippen LogP contribution in [0.15, 0.2) is 18.2 Å². The molecule has 0 amide bonds. The maximum absolute atomic E-state index is 6.78. The van der Waals surface area contributed by atoms with Crippen molar-refractivity contribution in [3.05, 3.63) is 67.2 Å². The van der Waals surface area contributed by atoms with Gasteiger partial charge < -0.3 is 0 Å². The molecule has 1 unspecified atom stereocenters. The first-order chi connectivity index (χ1) is 9.77. The molecule has 0 bridgehead atoms. The third-order valence-corrected chi connectivity index (χ3v) is 5.66. The van der Waals surface area contributed by atoms with Gasteiger partial charge in [-0.05, 0) is 80.1 Å². The highest BCUT2D eigenvalue weighted by Gasteiger charge is 2.23. The Balaban J connectivity index is 2.73. The van der Waals surface area contributed by atoms with Crippen molar-refractivity contribution in [3.63, 3.8) is 0 Å². The van der Waals surface area contributed by atoms with Crippen LogP contribution in [0.1, 0.15) is 44.3 Å². The second kappa shape index (κ2) is 6.20. The largest absolute Gasteiger partial charge is 0.112 e. The number of rotatable bonds is 2. The predicted molar refractivity (Wildman–Crippen MR) is 94.3 cm³/mol. The number of halogens is 3. The van der Waals surface area contributed by atoms with Gasteiger partial charge in [0.2, 0.25) is 0 Å². The molecule has 0 aliphatic rings. The SMILES string of the molecule is Cc1c(C)c(C)c(C(Cl)c2c(Cl)cccc2Cl)c(C)c1C. The highest BCUT2D eigenvalue weighted by Crippen LogP contribution is 2.42. The summed E-state index contributed by atoms with van der Waals surface area (Å²) in [6.07, 6.45) is 0. The summed E-state index contributed by atoms with van der Waals surface area (Å²) in [5, 5.41) is 0.874. The Morgan fingerprint density at radius 2 is 1.05 bits per heavy atom. The molecule has 0 saturated heterocycles. The molecule has 1 atom stereocenters. The molecule has 2 aromatic rings. The van der Waals surface area contributed by atoms with Crippen LogP contribution in [0.5, 0.6) is 0 Å². The summed E-state index contributed by atoms with van der Waals surface area (Å²) in [5.41, 5.74) is 8.22. The van der Waals surface area contributed by atoms with E-state index in [2.05, 4.69) is 34.6 Å². The van der Waals surface area contributed by atoms with Crippen LogP contribution >= 0.6 is 34.8 Å². The van der Waals surface area contributed by atoms with Gasteiger partial charge in [0.15, 0.2) is 0 Å². The van der Waals surface area contributed by atoms with E-state index >= 15 is 0 Å². The highest BCUT2D eigenvalue weighted by atomic mass is 35.5. The van der Waals surface area contributed by atoms with Gasteiger partial charge in [0, 0.05) is 15.6 Å². The molecule has 0 aliphatic heterocycles. The van der Waals surface area contributed by atoms with Crippen LogP contribution < -0.4 is 0 Å². The van der Waals surface area contributed by atoms with Gasteiger partial charge in [-0.2, -0.15) is 0 Å². The molecule has 2 rings (SSSR count). The van der Waals surface area contributed by atoms with E-state index < -0.39 is 0 Å². The molecule has 2 aromatic carbocycles. The third-order valence-electron chi connectivity index (χ3n) is 4.56. The summed E-state index contributed by atoms with van der Waals surface area (Å²) in [5.74, 6) is 0. The summed E-state index contributed by atoms with van der Waals surface area (Å²) in [7, 11) is 0. The van der Waals surface area contributed by atoms with Crippen LogP contribution in [0.4, 0.5) is 0 Å². The predicted octanol–water partition coefficient (Wildman–Crippen LogP) is 6.86. The second-order valence-corrected chi connectivity index (χ2v) is 6.79. The first-order valence-electron chi connectivity index (χ1n) is 6.92. The summed E-state index contributed by atoms with van der Waals surface area (Å²) in [4.78, 5) is 0. The van der Waals surface area contributed by atoms with Crippen LogP contribution in [0.2, 0.25) is 10.0 Å². The molecule has 0 radical (unpaired) electrons. The van der Waals surface area contributed by atoms with Crippen molar-refractivity contribution in [1.82, 2.24) is 0 Å². The first-order valence-corrected chi connectivity index (χ1v) is 8.11. The molecule has 0 nitrogen and oxygen atoms in total. The summed E-state index contributed by atoms with van der Waals surface area (Å²) >= 11 is 19.4. The summed E-state index contributed by atoms with van der Waals surface area (Å²) < 4.78 is 0. The fourth-order valence-corrected chi connectivity index (χ4v) is 4.10. The lowest BCUT2D eigenvalue weighted by Crippen LogP contribution is -2.06. The lowest BCUT2D eigenvalue weighted by atomic mass is 9.86. The molecule has 0 aromatic heterocycles. The molecule has 0 N–H and O–H groups in total. The number of hydrogen-bond donors (Lipinski definition) is 0. The lowest BCUT2D eigenvalue weighted by molar-refractivity contribution is 1.04.